The molecular weight excluding hydrogens is 338 g/mol. The number of phenols is 2. The van der Waals surface area contributed by atoms with Gasteiger partial charge in [0.2, 0.25) is 0 Å². The molecule has 2 aromatic rings. The summed E-state index contributed by atoms with van der Waals surface area (Å²) in [5.41, 5.74) is 6.87. The second kappa shape index (κ2) is 7.20. The van der Waals surface area contributed by atoms with E-state index in [0.717, 1.165) is 0 Å². The van der Waals surface area contributed by atoms with E-state index in [1.54, 1.807) is 12.1 Å². The lowest BCUT2D eigenvalue weighted by atomic mass is 9.80. The van der Waals surface area contributed by atoms with Crippen molar-refractivity contribution < 1.29 is 25.2 Å². The molecule has 1 unspecified atom stereocenters. The topological polar surface area (TPSA) is 148 Å². The van der Waals surface area contributed by atoms with E-state index >= 15 is 0 Å². The quantitative estimate of drug-likeness (QED) is 0.221. The van der Waals surface area contributed by atoms with Crippen LogP contribution < -0.4 is 16.4 Å². The number of aliphatic hydroxyl groups is 2. The maximum absolute atomic E-state index is 13.0. The fourth-order valence-corrected chi connectivity index (χ4v) is 3.19. The fourth-order valence-electron chi connectivity index (χ4n) is 3.19. The molecule has 2 aromatic carbocycles. The number of aromatic hydroxyl groups is 2. The number of rotatable bonds is 6. The van der Waals surface area contributed by atoms with Gasteiger partial charge in [-0.05, 0) is 24.3 Å². The third kappa shape index (κ3) is 2.94. The Kier molecular flexibility index (Phi) is 4.99. The van der Waals surface area contributed by atoms with E-state index in [0.29, 0.717) is 25.3 Å². The molecule has 26 heavy (non-hydrogen) atoms. The number of fused-ring (bicyclic) bond motifs is 2. The first-order chi connectivity index (χ1) is 12.5. The van der Waals surface area contributed by atoms with E-state index in [1.807, 2.05) is 0 Å². The summed E-state index contributed by atoms with van der Waals surface area (Å²) in [4.78, 5) is 13.0. The van der Waals surface area contributed by atoms with E-state index in [4.69, 9.17) is 10.8 Å². The number of nitrogens with one attached hydrogen (secondary N) is 2. The van der Waals surface area contributed by atoms with Gasteiger partial charge in [-0.3, -0.25) is 4.79 Å². The molecule has 0 bridgehead atoms. The molecule has 8 heteroatoms. The minimum atomic E-state index is -1.33. The first-order valence-corrected chi connectivity index (χ1v) is 8.22. The number of hydrogen-bond acceptors (Lipinski definition) is 8. The molecule has 1 aliphatic rings. The average Bonchev–Trinajstić information content (AvgIpc) is 2.62. The normalized spacial score (nSPS) is 15.5. The van der Waals surface area contributed by atoms with Gasteiger partial charge in [0.05, 0.1) is 17.7 Å². The van der Waals surface area contributed by atoms with Gasteiger partial charge in [-0.15, -0.1) is 0 Å². The molecule has 0 amide bonds. The highest BCUT2D eigenvalue weighted by Crippen LogP contribution is 2.46. The third-order valence-electron chi connectivity index (χ3n) is 4.39. The summed E-state index contributed by atoms with van der Waals surface area (Å²) in [6.07, 6.45) is -1.33. The van der Waals surface area contributed by atoms with Crippen LogP contribution in [0.4, 0.5) is 11.4 Å². The van der Waals surface area contributed by atoms with Gasteiger partial charge in [0.15, 0.2) is 5.78 Å². The minimum absolute atomic E-state index is 0.0293. The van der Waals surface area contributed by atoms with E-state index in [1.165, 1.54) is 12.1 Å². The zero-order chi connectivity index (χ0) is 18.8. The molecule has 138 valence electrons. The fraction of sp³-hybridized carbons (Fsp3) is 0.278. The van der Waals surface area contributed by atoms with Crippen LogP contribution in [0.2, 0.25) is 0 Å². The number of benzene rings is 2. The number of hydrogen-bond donors (Lipinski definition) is 7. The monoisotopic (exact) mass is 359 g/mol. The van der Waals surface area contributed by atoms with Crippen LogP contribution in [0.3, 0.4) is 0 Å². The molecule has 0 spiro atoms. The predicted molar refractivity (Wildman–Crippen MR) is 96.6 cm³/mol. The molecule has 0 heterocycles. The van der Waals surface area contributed by atoms with Gasteiger partial charge in [0.25, 0.3) is 0 Å². The highest BCUT2D eigenvalue weighted by Gasteiger charge is 2.37. The number of ketones is 1. The summed E-state index contributed by atoms with van der Waals surface area (Å²) in [5, 5.41) is 45.7. The Morgan fingerprint density at radius 3 is 2.42 bits per heavy atom. The Morgan fingerprint density at radius 2 is 1.69 bits per heavy atom. The Morgan fingerprint density at radius 1 is 0.962 bits per heavy atom. The van der Waals surface area contributed by atoms with Crippen LogP contribution in [0.5, 0.6) is 11.5 Å². The van der Waals surface area contributed by atoms with Crippen molar-refractivity contribution in [2.75, 3.05) is 37.3 Å². The van der Waals surface area contributed by atoms with Crippen molar-refractivity contribution in [3.63, 3.8) is 0 Å². The molecule has 1 atom stereocenters. The number of nitrogens with two attached hydrogens (primary N) is 1. The van der Waals surface area contributed by atoms with Crippen molar-refractivity contribution in [2.24, 2.45) is 0 Å². The lowest BCUT2D eigenvalue weighted by Crippen LogP contribution is -2.27. The number of carbonyl (C=O) groups is 1. The molecule has 3 rings (SSSR count). The van der Waals surface area contributed by atoms with Gasteiger partial charge in [0.1, 0.15) is 17.6 Å². The largest absolute Gasteiger partial charge is 0.508 e. The second-order valence-electron chi connectivity index (χ2n) is 6.02. The second-order valence-corrected chi connectivity index (χ2v) is 6.02. The summed E-state index contributed by atoms with van der Waals surface area (Å²) < 4.78 is 0. The van der Waals surface area contributed by atoms with Crippen LogP contribution >= 0.6 is 0 Å². The maximum Gasteiger partial charge on any atom is 0.199 e. The van der Waals surface area contributed by atoms with Gasteiger partial charge in [-0.25, -0.2) is 0 Å². The molecule has 0 aromatic heterocycles. The Balaban J connectivity index is 2.02. The van der Waals surface area contributed by atoms with Crippen LogP contribution in [-0.2, 0) is 0 Å². The molecule has 8 nitrogen and oxygen atoms in total. The van der Waals surface area contributed by atoms with Crippen molar-refractivity contribution in [1.82, 2.24) is 5.32 Å². The standard InChI is InChI=1S/C18H21N3O5/c19-9-1-2-10(21-6-5-20-7-8-22)14-13(9)17(25)15-11(23)3-4-12(24)16(15)18(14)26/h1-4,17,20-25H,5-8,19H2. The lowest BCUT2D eigenvalue weighted by Gasteiger charge is -2.28. The lowest BCUT2D eigenvalue weighted by molar-refractivity contribution is 0.101. The number of nitrogen functional groups attached to an aromatic ring is 1. The van der Waals surface area contributed by atoms with Gasteiger partial charge >= 0.3 is 0 Å². The predicted octanol–water partition coefficient (Wildman–Crippen LogP) is 0.300. The van der Waals surface area contributed by atoms with Crippen molar-refractivity contribution >= 4 is 17.2 Å². The molecule has 0 radical (unpaired) electrons. The Bertz CT molecular complexity index is 853. The first-order valence-electron chi connectivity index (χ1n) is 8.22. The van der Waals surface area contributed by atoms with Gasteiger partial charge in [0, 0.05) is 42.1 Å². The molecule has 8 N–H and O–H groups in total. The van der Waals surface area contributed by atoms with Gasteiger partial charge < -0.3 is 36.8 Å². The van der Waals surface area contributed by atoms with Crippen molar-refractivity contribution in [1.29, 1.82) is 0 Å². The Labute approximate surface area is 149 Å². The van der Waals surface area contributed by atoms with Crippen LogP contribution in [0.1, 0.15) is 33.2 Å². The molecule has 0 saturated heterocycles. The molecule has 0 fully saturated rings. The third-order valence-corrected chi connectivity index (χ3v) is 4.39. The highest BCUT2D eigenvalue weighted by molar-refractivity contribution is 6.18. The summed E-state index contributed by atoms with van der Waals surface area (Å²) in [6.45, 7) is 1.51. The number of carbonyl (C=O) groups excluding carboxylic acids is 1. The summed E-state index contributed by atoms with van der Waals surface area (Å²) >= 11 is 0. The van der Waals surface area contributed by atoms with Crippen molar-refractivity contribution in [3.05, 3.63) is 46.5 Å². The number of aliphatic hydroxyl groups excluding tert-OH is 2. The molecule has 1 aliphatic carbocycles. The van der Waals surface area contributed by atoms with E-state index < -0.39 is 11.9 Å². The summed E-state index contributed by atoms with van der Waals surface area (Å²) in [5.74, 6) is -1.12. The number of phenolic OH excluding ortho intramolecular Hbond substituents is 2. The zero-order valence-electron chi connectivity index (χ0n) is 14.0. The van der Waals surface area contributed by atoms with Crippen LogP contribution in [0.15, 0.2) is 24.3 Å². The molecular formula is C18H21N3O5. The molecule has 0 aliphatic heterocycles. The van der Waals surface area contributed by atoms with Crippen molar-refractivity contribution in [2.45, 2.75) is 6.10 Å². The minimum Gasteiger partial charge on any atom is -0.508 e. The first kappa shape index (κ1) is 18.0. The average molecular weight is 359 g/mol. The van der Waals surface area contributed by atoms with Crippen LogP contribution in [-0.4, -0.2) is 52.5 Å². The molecule has 0 saturated carbocycles. The summed E-state index contributed by atoms with van der Waals surface area (Å²) in [7, 11) is 0. The summed E-state index contributed by atoms with van der Waals surface area (Å²) in [6, 6.07) is 5.64. The van der Waals surface area contributed by atoms with Crippen LogP contribution in [0.25, 0.3) is 0 Å². The van der Waals surface area contributed by atoms with E-state index in [2.05, 4.69) is 10.6 Å². The Hall–Kier alpha value is -2.81. The zero-order valence-corrected chi connectivity index (χ0v) is 14.0. The SMILES string of the molecule is Nc1ccc(NCCNCCO)c2c1C(O)c1c(O)ccc(O)c1C2=O. The van der Waals surface area contributed by atoms with E-state index in [-0.39, 0.29) is 46.0 Å². The van der Waals surface area contributed by atoms with E-state index in [9.17, 15) is 20.1 Å². The van der Waals surface area contributed by atoms with Crippen LogP contribution in [0, 0.1) is 0 Å². The van der Waals surface area contributed by atoms with Gasteiger partial charge in [-0.2, -0.15) is 0 Å². The van der Waals surface area contributed by atoms with Crippen molar-refractivity contribution in [3.8, 4) is 11.5 Å². The maximum atomic E-state index is 13.0. The van der Waals surface area contributed by atoms with Gasteiger partial charge in [-0.1, -0.05) is 0 Å². The smallest absolute Gasteiger partial charge is 0.199 e. The number of anilines is 2. The highest BCUT2D eigenvalue weighted by atomic mass is 16.3.